The van der Waals surface area contributed by atoms with E-state index >= 15 is 0 Å². The van der Waals surface area contributed by atoms with Gasteiger partial charge in [-0.3, -0.25) is 0 Å². The zero-order valence-electron chi connectivity index (χ0n) is 9.90. The lowest BCUT2D eigenvalue weighted by Gasteiger charge is -2.22. The van der Waals surface area contributed by atoms with Gasteiger partial charge in [-0.25, -0.2) is 8.78 Å². The fraction of sp³-hybridized carbons (Fsp3) is 0.143. The first-order valence-electron chi connectivity index (χ1n) is 5.51. The predicted octanol–water partition coefficient (Wildman–Crippen LogP) is 3.23. The molecule has 0 amide bonds. The molecule has 0 spiro atoms. The second-order valence-electron chi connectivity index (χ2n) is 3.94. The van der Waals surface area contributed by atoms with E-state index in [2.05, 4.69) is 0 Å². The van der Waals surface area contributed by atoms with Crippen molar-refractivity contribution in [1.82, 2.24) is 0 Å². The van der Waals surface area contributed by atoms with Gasteiger partial charge in [0.05, 0.1) is 12.3 Å². The van der Waals surface area contributed by atoms with Crippen molar-refractivity contribution >= 4 is 11.4 Å². The van der Waals surface area contributed by atoms with Crippen LogP contribution in [0.4, 0.5) is 20.2 Å². The van der Waals surface area contributed by atoms with Crippen molar-refractivity contribution in [3.8, 4) is 0 Å². The molecular weight excluding hydrogens is 236 g/mol. The first kappa shape index (κ1) is 12.5. The maximum atomic E-state index is 13.8. The van der Waals surface area contributed by atoms with E-state index in [1.54, 1.807) is 36.2 Å². The normalized spacial score (nSPS) is 10.4. The number of aliphatic hydroxyl groups is 1. The van der Waals surface area contributed by atoms with E-state index in [1.165, 1.54) is 18.2 Å². The van der Waals surface area contributed by atoms with Crippen molar-refractivity contribution in [2.45, 2.75) is 6.61 Å². The van der Waals surface area contributed by atoms with Crippen LogP contribution in [0.5, 0.6) is 0 Å². The third-order valence-corrected chi connectivity index (χ3v) is 2.79. The molecule has 0 aliphatic carbocycles. The van der Waals surface area contributed by atoms with Crippen LogP contribution in [0, 0.1) is 11.6 Å². The van der Waals surface area contributed by atoms with Crippen molar-refractivity contribution in [1.29, 1.82) is 0 Å². The number of anilines is 2. The number of para-hydroxylation sites is 1. The lowest BCUT2D eigenvalue weighted by molar-refractivity contribution is 0.281. The third kappa shape index (κ3) is 2.33. The quantitative estimate of drug-likeness (QED) is 0.902. The molecule has 2 aromatic carbocycles. The molecule has 0 heterocycles. The minimum Gasteiger partial charge on any atom is -0.392 e. The van der Waals surface area contributed by atoms with E-state index in [4.69, 9.17) is 0 Å². The molecule has 0 unspecified atom stereocenters. The molecule has 18 heavy (non-hydrogen) atoms. The van der Waals surface area contributed by atoms with Crippen molar-refractivity contribution in [2.75, 3.05) is 11.9 Å². The molecule has 0 aliphatic heterocycles. The molecule has 0 saturated carbocycles. The van der Waals surface area contributed by atoms with Crippen molar-refractivity contribution in [3.63, 3.8) is 0 Å². The Morgan fingerprint density at radius 3 is 2.33 bits per heavy atom. The fourth-order valence-corrected chi connectivity index (χ4v) is 1.86. The monoisotopic (exact) mass is 249 g/mol. The number of rotatable bonds is 3. The largest absolute Gasteiger partial charge is 0.392 e. The van der Waals surface area contributed by atoms with E-state index in [0.29, 0.717) is 16.9 Å². The van der Waals surface area contributed by atoms with Crippen LogP contribution in [0.15, 0.2) is 42.5 Å². The molecule has 2 rings (SSSR count). The van der Waals surface area contributed by atoms with Gasteiger partial charge in [0.1, 0.15) is 11.6 Å². The van der Waals surface area contributed by atoms with Gasteiger partial charge < -0.3 is 10.0 Å². The molecule has 0 aliphatic rings. The molecule has 0 fully saturated rings. The van der Waals surface area contributed by atoms with E-state index in [-0.39, 0.29) is 12.4 Å². The van der Waals surface area contributed by atoms with Crippen LogP contribution in [-0.4, -0.2) is 12.2 Å². The standard InChI is InChI=1S/C14H13F2NO/c1-17(12-7-5-11(15)6-8-12)14-10(9-18)3-2-4-13(14)16/h2-8,18H,9H2,1H3. The number of aliphatic hydroxyl groups excluding tert-OH is 1. The highest BCUT2D eigenvalue weighted by Gasteiger charge is 2.13. The molecule has 2 aromatic rings. The second-order valence-corrected chi connectivity index (χ2v) is 3.94. The number of nitrogens with zero attached hydrogens (tertiary/aromatic N) is 1. The Labute approximate surface area is 104 Å². The Morgan fingerprint density at radius 1 is 1.06 bits per heavy atom. The molecule has 0 aromatic heterocycles. The number of benzene rings is 2. The summed E-state index contributed by atoms with van der Waals surface area (Å²) in [7, 11) is 1.67. The summed E-state index contributed by atoms with van der Waals surface area (Å²) >= 11 is 0. The van der Waals surface area contributed by atoms with Gasteiger partial charge >= 0.3 is 0 Å². The highest BCUT2D eigenvalue weighted by atomic mass is 19.1. The summed E-state index contributed by atoms with van der Waals surface area (Å²) in [6.45, 7) is -0.251. The van der Waals surface area contributed by atoms with Gasteiger partial charge in [0.15, 0.2) is 0 Å². The Hall–Kier alpha value is -1.94. The molecular formula is C14H13F2NO. The lowest BCUT2D eigenvalue weighted by atomic mass is 10.1. The minimum absolute atomic E-state index is 0.251. The van der Waals surface area contributed by atoms with Crippen LogP contribution in [-0.2, 0) is 6.61 Å². The van der Waals surface area contributed by atoms with Crippen LogP contribution in [0.25, 0.3) is 0 Å². The number of halogens is 2. The number of hydrogen-bond donors (Lipinski definition) is 1. The Bertz CT molecular complexity index is 540. The van der Waals surface area contributed by atoms with Gasteiger partial charge in [-0.05, 0) is 30.3 Å². The van der Waals surface area contributed by atoms with E-state index in [1.807, 2.05) is 0 Å². The molecule has 94 valence electrons. The van der Waals surface area contributed by atoms with Gasteiger partial charge in [0.25, 0.3) is 0 Å². The van der Waals surface area contributed by atoms with Crippen molar-refractivity contribution < 1.29 is 13.9 Å². The smallest absolute Gasteiger partial charge is 0.147 e. The molecule has 0 atom stereocenters. The highest BCUT2D eigenvalue weighted by Crippen LogP contribution is 2.29. The average molecular weight is 249 g/mol. The molecule has 0 bridgehead atoms. The molecule has 1 N–H and O–H groups in total. The van der Waals surface area contributed by atoms with Crippen molar-refractivity contribution in [2.24, 2.45) is 0 Å². The van der Waals surface area contributed by atoms with Gasteiger partial charge in [-0.15, -0.1) is 0 Å². The Morgan fingerprint density at radius 2 is 1.72 bits per heavy atom. The summed E-state index contributed by atoms with van der Waals surface area (Å²) < 4.78 is 26.7. The summed E-state index contributed by atoms with van der Waals surface area (Å²) in [6, 6.07) is 10.3. The summed E-state index contributed by atoms with van der Waals surface area (Å²) in [5.41, 5.74) is 1.43. The van der Waals surface area contributed by atoms with Crippen LogP contribution < -0.4 is 4.90 Å². The fourth-order valence-electron chi connectivity index (χ4n) is 1.86. The topological polar surface area (TPSA) is 23.5 Å². The van der Waals surface area contributed by atoms with E-state index in [0.717, 1.165) is 0 Å². The van der Waals surface area contributed by atoms with Crippen LogP contribution in [0.3, 0.4) is 0 Å². The van der Waals surface area contributed by atoms with Gasteiger partial charge in [0.2, 0.25) is 0 Å². The summed E-state index contributed by atoms with van der Waals surface area (Å²) in [5, 5.41) is 9.23. The average Bonchev–Trinajstić information content (AvgIpc) is 2.38. The van der Waals surface area contributed by atoms with Gasteiger partial charge in [-0.2, -0.15) is 0 Å². The highest BCUT2D eigenvalue weighted by molar-refractivity contribution is 5.66. The molecule has 0 radical (unpaired) electrons. The zero-order valence-corrected chi connectivity index (χ0v) is 9.90. The summed E-state index contributed by atoms with van der Waals surface area (Å²) in [4.78, 5) is 1.58. The lowest BCUT2D eigenvalue weighted by Crippen LogP contribution is -2.13. The molecule has 4 heteroatoms. The minimum atomic E-state index is -0.423. The van der Waals surface area contributed by atoms with E-state index in [9.17, 15) is 13.9 Å². The first-order chi connectivity index (χ1) is 8.63. The first-order valence-corrected chi connectivity index (χ1v) is 5.51. The van der Waals surface area contributed by atoms with E-state index < -0.39 is 5.82 Å². The van der Waals surface area contributed by atoms with Gasteiger partial charge in [-0.1, -0.05) is 12.1 Å². The third-order valence-electron chi connectivity index (χ3n) is 2.79. The van der Waals surface area contributed by atoms with Crippen LogP contribution in [0.2, 0.25) is 0 Å². The Kier molecular flexibility index (Phi) is 3.58. The summed E-state index contributed by atoms with van der Waals surface area (Å²) in [6.07, 6.45) is 0. The summed E-state index contributed by atoms with van der Waals surface area (Å²) in [5.74, 6) is -0.767. The van der Waals surface area contributed by atoms with Crippen molar-refractivity contribution in [3.05, 3.63) is 59.7 Å². The van der Waals surface area contributed by atoms with Gasteiger partial charge in [0, 0.05) is 18.3 Å². The zero-order chi connectivity index (χ0) is 13.1. The molecule has 0 saturated heterocycles. The maximum Gasteiger partial charge on any atom is 0.147 e. The Balaban J connectivity index is 2.45. The maximum absolute atomic E-state index is 13.8. The number of hydrogen-bond acceptors (Lipinski definition) is 2. The van der Waals surface area contributed by atoms with Crippen LogP contribution in [0.1, 0.15) is 5.56 Å². The second kappa shape index (κ2) is 5.14. The molecule has 2 nitrogen and oxygen atoms in total. The SMILES string of the molecule is CN(c1ccc(F)cc1)c1c(F)cccc1CO. The predicted molar refractivity (Wildman–Crippen MR) is 66.8 cm³/mol. The van der Waals surface area contributed by atoms with Crippen LogP contribution >= 0.6 is 0 Å².